The zero-order chi connectivity index (χ0) is 18.9. The zero-order valence-corrected chi connectivity index (χ0v) is 17.1. The molecule has 2 aromatic carbocycles. The quantitative estimate of drug-likeness (QED) is 0.487. The maximum absolute atomic E-state index is 5.70. The summed E-state index contributed by atoms with van der Waals surface area (Å²) in [7, 11) is 5.14. The minimum absolute atomic E-state index is 0.479. The molecule has 5 heteroatoms. The van der Waals surface area contributed by atoms with Crippen LogP contribution in [0.2, 0.25) is 0 Å². The van der Waals surface area contributed by atoms with Gasteiger partial charge in [-0.15, -0.1) is 11.8 Å². The molecule has 0 radical (unpaired) electrons. The maximum atomic E-state index is 5.70. The molecular weight excluding hydrogens is 346 g/mol. The average Bonchev–Trinajstić information content (AvgIpc) is 2.64. The van der Waals surface area contributed by atoms with Crippen LogP contribution in [0, 0.1) is 0 Å². The minimum Gasteiger partial charge on any atom is -0.497 e. The van der Waals surface area contributed by atoms with Crippen LogP contribution in [0.5, 0.6) is 17.2 Å². The Kier molecular flexibility index (Phi) is 8.13. The van der Waals surface area contributed by atoms with Gasteiger partial charge in [-0.3, -0.25) is 0 Å². The Hall–Kier alpha value is -1.85. The topological polar surface area (TPSA) is 39.7 Å². The van der Waals surface area contributed by atoms with Gasteiger partial charge in [-0.05, 0) is 31.2 Å². The zero-order valence-electron chi connectivity index (χ0n) is 16.3. The van der Waals surface area contributed by atoms with Crippen LogP contribution in [0.25, 0.3) is 0 Å². The molecule has 0 unspecified atom stereocenters. The van der Waals surface area contributed by atoms with Crippen molar-refractivity contribution in [3.63, 3.8) is 0 Å². The molecular formula is C21H29NO3S. The van der Waals surface area contributed by atoms with Crippen molar-refractivity contribution in [2.24, 2.45) is 0 Å². The van der Waals surface area contributed by atoms with Gasteiger partial charge in [0.25, 0.3) is 0 Å². The normalized spacial score (nSPS) is 10.8. The van der Waals surface area contributed by atoms with E-state index >= 15 is 0 Å². The van der Waals surface area contributed by atoms with Crippen LogP contribution in [0.3, 0.4) is 0 Å². The molecule has 2 aromatic rings. The Morgan fingerprint density at radius 2 is 1.73 bits per heavy atom. The molecule has 0 heterocycles. The molecule has 26 heavy (non-hydrogen) atoms. The molecule has 2 rings (SSSR count). The number of rotatable bonds is 10. The number of benzene rings is 2. The molecule has 0 bridgehead atoms. The van der Waals surface area contributed by atoms with E-state index in [1.807, 2.05) is 18.2 Å². The van der Waals surface area contributed by atoms with Crippen molar-refractivity contribution in [3.05, 3.63) is 47.5 Å². The Bertz CT molecular complexity index is 704. The lowest BCUT2D eigenvalue weighted by Gasteiger charge is -2.17. The summed E-state index contributed by atoms with van der Waals surface area (Å²) in [4.78, 5) is 1.13. The van der Waals surface area contributed by atoms with Gasteiger partial charge in [0.1, 0.15) is 17.2 Å². The summed E-state index contributed by atoms with van der Waals surface area (Å²) in [6, 6.07) is 12.2. The van der Waals surface area contributed by atoms with Crippen LogP contribution in [-0.4, -0.2) is 33.1 Å². The number of para-hydroxylation sites is 1. The van der Waals surface area contributed by atoms with E-state index in [4.69, 9.17) is 14.2 Å². The summed E-state index contributed by atoms with van der Waals surface area (Å²) in [5.41, 5.74) is 2.31. The lowest BCUT2D eigenvalue weighted by Crippen LogP contribution is -2.17. The van der Waals surface area contributed by atoms with Crippen molar-refractivity contribution in [2.75, 3.05) is 27.9 Å². The molecule has 4 nitrogen and oxygen atoms in total. The Morgan fingerprint density at radius 3 is 2.38 bits per heavy atom. The van der Waals surface area contributed by atoms with E-state index in [1.165, 1.54) is 0 Å². The fourth-order valence-corrected chi connectivity index (χ4v) is 3.82. The SMILES string of the molecule is COc1cc(CCNCc2ccccc2OC)c(OC)c(SC(C)C)c1. The number of nitrogens with one attached hydrogen (secondary N) is 1. The second kappa shape index (κ2) is 10.3. The fraction of sp³-hybridized carbons (Fsp3) is 0.429. The third kappa shape index (κ3) is 5.58. The lowest BCUT2D eigenvalue weighted by molar-refractivity contribution is 0.388. The predicted molar refractivity (Wildman–Crippen MR) is 109 cm³/mol. The molecule has 1 N–H and O–H groups in total. The summed E-state index contributed by atoms with van der Waals surface area (Å²) < 4.78 is 16.6. The van der Waals surface area contributed by atoms with Crippen molar-refractivity contribution < 1.29 is 14.2 Å². The number of hydrogen-bond acceptors (Lipinski definition) is 5. The third-order valence-electron chi connectivity index (χ3n) is 3.99. The van der Waals surface area contributed by atoms with Gasteiger partial charge in [-0.2, -0.15) is 0 Å². The molecule has 0 atom stereocenters. The van der Waals surface area contributed by atoms with Crippen LogP contribution in [0.1, 0.15) is 25.0 Å². The molecule has 0 saturated carbocycles. The van der Waals surface area contributed by atoms with Crippen molar-refractivity contribution in [3.8, 4) is 17.2 Å². The molecule has 0 spiro atoms. The Labute approximate surface area is 161 Å². The molecule has 142 valence electrons. The summed E-state index contributed by atoms with van der Waals surface area (Å²) in [5, 5.41) is 3.97. The standard InChI is InChI=1S/C21H29NO3S/c1-15(2)26-20-13-18(23-3)12-16(21(20)25-5)10-11-22-14-17-8-6-7-9-19(17)24-4/h6-9,12-13,15,22H,10-11,14H2,1-5H3. The molecule has 0 saturated heterocycles. The molecule has 0 aliphatic heterocycles. The van der Waals surface area contributed by atoms with Crippen LogP contribution in [0.4, 0.5) is 0 Å². The van der Waals surface area contributed by atoms with Crippen LogP contribution < -0.4 is 19.5 Å². The van der Waals surface area contributed by atoms with Crippen LogP contribution in [0.15, 0.2) is 41.3 Å². The van der Waals surface area contributed by atoms with Gasteiger partial charge in [0.05, 0.1) is 26.2 Å². The third-order valence-corrected chi connectivity index (χ3v) is 5.02. The van der Waals surface area contributed by atoms with Gasteiger partial charge >= 0.3 is 0 Å². The van der Waals surface area contributed by atoms with E-state index in [9.17, 15) is 0 Å². The highest BCUT2D eigenvalue weighted by Gasteiger charge is 2.14. The monoisotopic (exact) mass is 375 g/mol. The highest BCUT2D eigenvalue weighted by Crippen LogP contribution is 2.38. The number of hydrogen-bond donors (Lipinski definition) is 1. The first kappa shape index (κ1) is 20.5. The average molecular weight is 376 g/mol. The van der Waals surface area contributed by atoms with Crippen molar-refractivity contribution in [1.29, 1.82) is 0 Å². The first-order chi connectivity index (χ1) is 12.6. The summed E-state index contributed by atoms with van der Waals surface area (Å²) >= 11 is 1.79. The van der Waals surface area contributed by atoms with E-state index in [0.717, 1.165) is 52.8 Å². The first-order valence-electron chi connectivity index (χ1n) is 8.83. The van der Waals surface area contributed by atoms with Gasteiger partial charge < -0.3 is 19.5 Å². The summed E-state index contributed by atoms with van der Waals surface area (Å²) in [6.45, 7) is 5.97. The molecule has 0 aliphatic carbocycles. The van der Waals surface area contributed by atoms with Crippen molar-refractivity contribution in [1.82, 2.24) is 5.32 Å². The Morgan fingerprint density at radius 1 is 0.962 bits per heavy atom. The number of methoxy groups -OCH3 is 3. The molecule has 0 fully saturated rings. The fourth-order valence-electron chi connectivity index (χ4n) is 2.80. The van der Waals surface area contributed by atoms with E-state index in [1.54, 1.807) is 33.1 Å². The van der Waals surface area contributed by atoms with Crippen molar-refractivity contribution >= 4 is 11.8 Å². The lowest BCUT2D eigenvalue weighted by atomic mass is 10.1. The summed E-state index contributed by atoms with van der Waals surface area (Å²) in [6.07, 6.45) is 0.862. The smallest absolute Gasteiger partial charge is 0.135 e. The van der Waals surface area contributed by atoms with Gasteiger partial charge in [-0.25, -0.2) is 0 Å². The van der Waals surface area contributed by atoms with Gasteiger partial charge in [0.15, 0.2) is 0 Å². The van der Waals surface area contributed by atoms with Crippen LogP contribution in [-0.2, 0) is 13.0 Å². The van der Waals surface area contributed by atoms with E-state index in [0.29, 0.717) is 5.25 Å². The second-order valence-electron chi connectivity index (χ2n) is 6.22. The molecule has 0 aromatic heterocycles. The van der Waals surface area contributed by atoms with Gasteiger partial charge in [-0.1, -0.05) is 32.0 Å². The largest absolute Gasteiger partial charge is 0.497 e. The summed E-state index contributed by atoms with van der Waals surface area (Å²) in [5.74, 6) is 2.73. The minimum atomic E-state index is 0.479. The van der Waals surface area contributed by atoms with Crippen molar-refractivity contribution in [2.45, 2.75) is 37.0 Å². The number of thioether (sulfide) groups is 1. The predicted octanol–water partition coefficient (Wildman–Crippen LogP) is 4.55. The van der Waals surface area contributed by atoms with E-state index in [-0.39, 0.29) is 0 Å². The van der Waals surface area contributed by atoms with Gasteiger partial charge in [0, 0.05) is 22.9 Å². The molecule has 0 aliphatic rings. The molecule has 0 amide bonds. The van der Waals surface area contributed by atoms with E-state index in [2.05, 4.69) is 37.4 Å². The highest BCUT2D eigenvalue weighted by atomic mass is 32.2. The van der Waals surface area contributed by atoms with E-state index < -0.39 is 0 Å². The maximum Gasteiger partial charge on any atom is 0.135 e. The first-order valence-corrected chi connectivity index (χ1v) is 9.71. The Balaban J connectivity index is 2.06. The number of ether oxygens (including phenoxy) is 3. The van der Waals surface area contributed by atoms with Crippen LogP contribution >= 0.6 is 11.8 Å². The van der Waals surface area contributed by atoms with Gasteiger partial charge in [0.2, 0.25) is 0 Å². The highest BCUT2D eigenvalue weighted by molar-refractivity contribution is 8.00. The second-order valence-corrected chi connectivity index (χ2v) is 7.84.